The van der Waals surface area contributed by atoms with Gasteiger partial charge in [0.05, 0.1) is 0 Å². The Hall–Kier alpha value is -2.72. The van der Waals surface area contributed by atoms with E-state index in [1.165, 1.54) is 16.7 Å². The topological polar surface area (TPSA) is 53.4 Å². The zero-order chi connectivity index (χ0) is 18.4. The number of carboxylic acids is 1. The second kappa shape index (κ2) is 8.59. The first-order valence-corrected chi connectivity index (χ1v) is 8.96. The fraction of sp³-hybridized carbons (Fsp3) is 0.273. The Morgan fingerprint density at radius 3 is 2.85 bits per heavy atom. The van der Waals surface area contributed by atoms with Crippen LogP contribution in [0.3, 0.4) is 0 Å². The van der Waals surface area contributed by atoms with E-state index in [0.29, 0.717) is 12.1 Å². The Morgan fingerprint density at radius 2 is 2.12 bits per heavy atom. The number of aryl methyl sites for hydroxylation is 1. The first kappa shape index (κ1) is 18.1. The summed E-state index contributed by atoms with van der Waals surface area (Å²) in [6.07, 6.45) is 9.43. The molecule has 0 bridgehead atoms. The second-order valence-corrected chi connectivity index (χ2v) is 6.56. The average molecular weight is 348 g/mol. The van der Waals surface area contributed by atoms with E-state index in [9.17, 15) is 9.90 Å². The number of hydrogen-bond acceptors (Lipinski definition) is 3. The number of aliphatic carboxylic acids is 1. The summed E-state index contributed by atoms with van der Waals surface area (Å²) in [5.41, 5.74) is 5.24. The van der Waals surface area contributed by atoms with E-state index in [2.05, 4.69) is 47.1 Å². The third kappa shape index (κ3) is 4.46. The van der Waals surface area contributed by atoms with Crippen LogP contribution in [0.2, 0.25) is 0 Å². The first-order valence-electron chi connectivity index (χ1n) is 8.96. The monoisotopic (exact) mass is 348 g/mol. The number of aromatic nitrogens is 1. The van der Waals surface area contributed by atoms with Crippen molar-refractivity contribution in [2.45, 2.75) is 19.8 Å². The van der Waals surface area contributed by atoms with E-state index in [4.69, 9.17) is 0 Å². The number of nitrogens with zero attached hydrogens (tertiary/aromatic N) is 2. The molecule has 134 valence electrons. The molecule has 0 spiro atoms. The van der Waals surface area contributed by atoms with Gasteiger partial charge in [-0.2, -0.15) is 0 Å². The highest BCUT2D eigenvalue weighted by molar-refractivity contribution is 5.87. The standard InChI is InChI=1S/C22H24N2O2/c1-17-7-2-3-10-20(17)21(18-8-4-12-23-15-18)11-6-14-24-13-5-9-19(16-24)22(25)26/h2-4,7-12,15H,5-6,13-14,16H2,1H3,(H,25,26). The maximum atomic E-state index is 11.2. The summed E-state index contributed by atoms with van der Waals surface area (Å²) in [6, 6.07) is 12.4. The number of carboxylic acid groups (broad SMARTS) is 1. The van der Waals surface area contributed by atoms with Crippen LogP contribution in [0.1, 0.15) is 29.5 Å². The summed E-state index contributed by atoms with van der Waals surface area (Å²) in [7, 11) is 0. The van der Waals surface area contributed by atoms with Crippen molar-refractivity contribution in [3.05, 3.63) is 83.2 Å². The lowest BCUT2D eigenvalue weighted by Gasteiger charge is -2.25. The molecular formula is C22H24N2O2. The molecular weight excluding hydrogens is 324 g/mol. The van der Waals surface area contributed by atoms with E-state index >= 15 is 0 Å². The molecule has 0 saturated carbocycles. The average Bonchev–Trinajstić information content (AvgIpc) is 2.67. The number of carbonyl (C=O) groups is 1. The first-order chi connectivity index (χ1) is 12.6. The van der Waals surface area contributed by atoms with Gasteiger partial charge in [-0.1, -0.05) is 42.5 Å². The number of benzene rings is 1. The number of hydrogen-bond donors (Lipinski definition) is 1. The van der Waals surface area contributed by atoms with Crippen LogP contribution in [0.25, 0.3) is 5.57 Å². The third-order valence-electron chi connectivity index (χ3n) is 4.71. The molecule has 0 atom stereocenters. The highest BCUT2D eigenvalue weighted by atomic mass is 16.4. The second-order valence-electron chi connectivity index (χ2n) is 6.56. The van der Waals surface area contributed by atoms with Crippen molar-refractivity contribution in [2.75, 3.05) is 19.6 Å². The van der Waals surface area contributed by atoms with E-state index in [-0.39, 0.29) is 0 Å². The van der Waals surface area contributed by atoms with Crippen LogP contribution in [0.4, 0.5) is 0 Å². The van der Waals surface area contributed by atoms with Crippen LogP contribution < -0.4 is 0 Å². The van der Waals surface area contributed by atoms with E-state index in [0.717, 1.165) is 31.5 Å². The normalized spacial score (nSPS) is 15.6. The van der Waals surface area contributed by atoms with Crippen molar-refractivity contribution < 1.29 is 9.90 Å². The van der Waals surface area contributed by atoms with Gasteiger partial charge in [0.15, 0.2) is 0 Å². The fourth-order valence-electron chi connectivity index (χ4n) is 3.32. The van der Waals surface area contributed by atoms with Gasteiger partial charge in [-0.05, 0) is 42.5 Å². The number of pyridine rings is 1. The quantitative estimate of drug-likeness (QED) is 0.859. The van der Waals surface area contributed by atoms with E-state index in [1.54, 1.807) is 6.20 Å². The molecule has 1 aromatic carbocycles. The van der Waals surface area contributed by atoms with Crippen molar-refractivity contribution in [2.24, 2.45) is 0 Å². The Balaban J connectivity index is 1.77. The van der Waals surface area contributed by atoms with Crippen molar-refractivity contribution in [3.8, 4) is 0 Å². The summed E-state index contributed by atoms with van der Waals surface area (Å²) in [5.74, 6) is -0.804. The van der Waals surface area contributed by atoms with Crippen molar-refractivity contribution in [3.63, 3.8) is 0 Å². The van der Waals surface area contributed by atoms with Gasteiger partial charge < -0.3 is 5.11 Å². The largest absolute Gasteiger partial charge is 0.478 e. The van der Waals surface area contributed by atoms with E-state index < -0.39 is 5.97 Å². The van der Waals surface area contributed by atoms with Crippen molar-refractivity contribution in [1.82, 2.24) is 9.88 Å². The maximum Gasteiger partial charge on any atom is 0.332 e. The summed E-state index contributed by atoms with van der Waals surface area (Å²) >= 11 is 0. The maximum absolute atomic E-state index is 11.2. The van der Waals surface area contributed by atoms with Gasteiger partial charge >= 0.3 is 5.97 Å². The molecule has 4 heteroatoms. The Kier molecular flexibility index (Phi) is 5.97. The Morgan fingerprint density at radius 1 is 1.27 bits per heavy atom. The number of rotatable bonds is 6. The smallest absolute Gasteiger partial charge is 0.332 e. The fourth-order valence-corrected chi connectivity index (χ4v) is 3.32. The molecule has 2 aromatic rings. The van der Waals surface area contributed by atoms with Crippen LogP contribution in [0.5, 0.6) is 0 Å². The molecule has 3 rings (SSSR count). The van der Waals surface area contributed by atoms with Gasteiger partial charge in [0, 0.05) is 43.2 Å². The molecule has 1 N–H and O–H groups in total. The van der Waals surface area contributed by atoms with Crippen molar-refractivity contribution in [1.29, 1.82) is 0 Å². The van der Waals surface area contributed by atoms with Crippen LogP contribution in [-0.2, 0) is 4.79 Å². The van der Waals surface area contributed by atoms with Crippen LogP contribution in [0, 0.1) is 6.92 Å². The minimum Gasteiger partial charge on any atom is -0.478 e. The SMILES string of the molecule is Cc1ccccc1C(=CCCN1CCC=C(C(=O)O)C1)c1cccnc1. The van der Waals surface area contributed by atoms with Crippen LogP contribution in [-0.4, -0.2) is 40.6 Å². The molecule has 1 aliphatic rings. The predicted molar refractivity (Wildman–Crippen MR) is 104 cm³/mol. The summed E-state index contributed by atoms with van der Waals surface area (Å²) in [4.78, 5) is 17.6. The molecule has 0 amide bonds. The van der Waals surface area contributed by atoms with Crippen molar-refractivity contribution >= 4 is 11.5 Å². The van der Waals surface area contributed by atoms with Gasteiger partial charge in [-0.25, -0.2) is 4.79 Å². The highest BCUT2D eigenvalue weighted by Crippen LogP contribution is 2.26. The minimum absolute atomic E-state index is 0.506. The van der Waals surface area contributed by atoms with Gasteiger partial charge in [0.25, 0.3) is 0 Å². The molecule has 0 fully saturated rings. The lowest BCUT2D eigenvalue weighted by atomic mass is 9.94. The molecule has 1 aliphatic heterocycles. The predicted octanol–water partition coefficient (Wildman–Crippen LogP) is 3.93. The highest BCUT2D eigenvalue weighted by Gasteiger charge is 2.16. The molecule has 0 saturated heterocycles. The third-order valence-corrected chi connectivity index (χ3v) is 4.71. The minimum atomic E-state index is -0.804. The zero-order valence-corrected chi connectivity index (χ0v) is 15.1. The molecule has 0 unspecified atom stereocenters. The van der Waals surface area contributed by atoms with E-state index in [1.807, 2.05) is 24.4 Å². The van der Waals surface area contributed by atoms with Gasteiger partial charge in [-0.3, -0.25) is 9.88 Å². The Labute approximate surface area is 154 Å². The lowest BCUT2D eigenvalue weighted by Crippen LogP contribution is -2.32. The summed E-state index contributed by atoms with van der Waals surface area (Å²) in [5, 5.41) is 9.18. The summed E-state index contributed by atoms with van der Waals surface area (Å²) < 4.78 is 0. The summed E-state index contributed by atoms with van der Waals surface area (Å²) in [6.45, 7) is 4.40. The molecule has 0 radical (unpaired) electrons. The van der Waals surface area contributed by atoms with Crippen LogP contribution in [0.15, 0.2) is 66.5 Å². The Bertz CT molecular complexity index is 825. The zero-order valence-electron chi connectivity index (χ0n) is 15.1. The molecule has 0 aliphatic carbocycles. The molecule has 1 aromatic heterocycles. The molecule has 4 nitrogen and oxygen atoms in total. The lowest BCUT2D eigenvalue weighted by molar-refractivity contribution is -0.133. The van der Waals surface area contributed by atoms with Gasteiger partial charge in [0.2, 0.25) is 0 Å². The molecule has 2 heterocycles. The molecule has 26 heavy (non-hydrogen) atoms. The van der Waals surface area contributed by atoms with Gasteiger partial charge in [0.1, 0.15) is 0 Å². The van der Waals surface area contributed by atoms with Gasteiger partial charge in [-0.15, -0.1) is 0 Å². The van der Waals surface area contributed by atoms with Crippen LogP contribution >= 0.6 is 0 Å².